The molecule has 1 unspecified atom stereocenters. The average molecular weight is 292 g/mol. The van der Waals surface area contributed by atoms with E-state index in [4.69, 9.17) is 0 Å². The second-order valence-electron chi connectivity index (χ2n) is 5.32. The number of nitro groups is 1. The molecule has 1 N–H and O–H groups in total. The van der Waals surface area contributed by atoms with E-state index in [1.807, 2.05) is 14.0 Å². The van der Waals surface area contributed by atoms with Crippen LogP contribution in [0.5, 0.6) is 0 Å². The number of nitro benzene ring substituents is 1. The number of hydrogen-bond donors (Lipinski definition) is 1. The highest BCUT2D eigenvalue weighted by molar-refractivity contribution is 6.01. The SMILES string of the molecule is CNc1c(C(=O)N2CCN(C)CC2C)cccc1[N+](=O)[O-]. The Morgan fingerprint density at radius 3 is 2.71 bits per heavy atom. The first kappa shape index (κ1) is 15.2. The Morgan fingerprint density at radius 2 is 2.14 bits per heavy atom. The van der Waals surface area contributed by atoms with Crippen molar-refractivity contribution in [3.8, 4) is 0 Å². The van der Waals surface area contributed by atoms with Crippen molar-refractivity contribution >= 4 is 17.3 Å². The standard InChI is InChI=1S/C14H20N4O3/c1-10-9-16(3)7-8-17(10)14(19)11-5-4-6-12(18(20)21)13(11)15-2/h4-6,10,15H,7-9H2,1-3H3. The first-order valence-electron chi connectivity index (χ1n) is 6.90. The average Bonchev–Trinajstić information content (AvgIpc) is 2.45. The number of rotatable bonds is 3. The number of anilines is 1. The Bertz CT molecular complexity index is 561. The van der Waals surface area contributed by atoms with Crippen LogP contribution in [-0.2, 0) is 0 Å². The van der Waals surface area contributed by atoms with E-state index in [1.165, 1.54) is 6.07 Å². The molecular weight excluding hydrogens is 272 g/mol. The van der Waals surface area contributed by atoms with Gasteiger partial charge in [-0.25, -0.2) is 0 Å². The van der Waals surface area contributed by atoms with Gasteiger partial charge in [-0.3, -0.25) is 14.9 Å². The third-order valence-corrected chi connectivity index (χ3v) is 3.81. The molecule has 1 aliphatic heterocycles. The van der Waals surface area contributed by atoms with Crippen molar-refractivity contribution < 1.29 is 9.72 Å². The molecule has 7 nitrogen and oxygen atoms in total. The zero-order valence-electron chi connectivity index (χ0n) is 12.5. The summed E-state index contributed by atoms with van der Waals surface area (Å²) in [6.07, 6.45) is 0. The van der Waals surface area contributed by atoms with Crippen molar-refractivity contribution in [2.24, 2.45) is 0 Å². The number of nitrogens with one attached hydrogen (secondary N) is 1. The highest BCUT2D eigenvalue weighted by atomic mass is 16.6. The predicted octanol–water partition coefficient (Wildman–Crippen LogP) is 1.41. The van der Waals surface area contributed by atoms with Crippen LogP contribution in [0.1, 0.15) is 17.3 Å². The summed E-state index contributed by atoms with van der Waals surface area (Å²) in [5, 5.41) is 13.9. The second kappa shape index (κ2) is 6.09. The van der Waals surface area contributed by atoms with Crippen LogP contribution >= 0.6 is 0 Å². The maximum atomic E-state index is 12.7. The van der Waals surface area contributed by atoms with E-state index < -0.39 is 4.92 Å². The number of hydrogen-bond acceptors (Lipinski definition) is 5. The summed E-state index contributed by atoms with van der Waals surface area (Å²) in [6, 6.07) is 4.66. The van der Waals surface area contributed by atoms with Gasteiger partial charge in [-0.1, -0.05) is 6.07 Å². The third-order valence-electron chi connectivity index (χ3n) is 3.81. The first-order chi connectivity index (χ1) is 9.95. The molecule has 1 fully saturated rings. The number of nitrogens with zero attached hydrogens (tertiary/aromatic N) is 3. The zero-order valence-corrected chi connectivity index (χ0v) is 12.5. The number of piperazine rings is 1. The summed E-state index contributed by atoms with van der Waals surface area (Å²) in [7, 11) is 3.61. The van der Waals surface area contributed by atoms with Gasteiger partial charge in [-0.15, -0.1) is 0 Å². The topological polar surface area (TPSA) is 78.7 Å². The molecule has 7 heteroatoms. The third kappa shape index (κ3) is 2.97. The minimum Gasteiger partial charge on any atom is -0.382 e. The molecule has 0 radical (unpaired) electrons. The zero-order chi connectivity index (χ0) is 15.6. The van der Waals surface area contributed by atoms with E-state index in [-0.39, 0.29) is 23.3 Å². The molecular formula is C14H20N4O3. The summed E-state index contributed by atoms with van der Waals surface area (Å²) >= 11 is 0. The number of carbonyl (C=O) groups excluding carboxylic acids is 1. The monoisotopic (exact) mass is 292 g/mol. The van der Waals surface area contributed by atoms with Crippen LogP contribution in [0, 0.1) is 10.1 Å². The van der Waals surface area contributed by atoms with Crippen molar-refractivity contribution in [1.29, 1.82) is 0 Å². The molecule has 1 heterocycles. The van der Waals surface area contributed by atoms with Crippen LogP contribution in [0.15, 0.2) is 18.2 Å². The van der Waals surface area contributed by atoms with Crippen LogP contribution in [0.3, 0.4) is 0 Å². The van der Waals surface area contributed by atoms with E-state index in [0.717, 1.165) is 13.1 Å². The molecule has 0 saturated carbocycles. The summed E-state index contributed by atoms with van der Waals surface area (Å²) in [5.74, 6) is -0.163. The molecule has 1 atom stereocenters. The van der Waals surface area contributed by atoms with Crippen LogP contribution in [-0.4, -0.2) is 60.4 Å². The molecule has 21 heavy (non-hydrogen) atoms. The van der Waals surface area contributed by atoms with E-state index >= 15 is 0 Å². The Hall–Kier alpha value is -2.15. The minimum absolute atomic E-state index is 0.0786. The molecule has 0 aliphatic carbocycles. The molecule has 0 bridgehead atoms. The summed E-state index contributed by atoms with van der Waals surface area (Å²) < 4.78 is 0. The molecule has 2 rings (SSSR count). The fraction of sp³-hybridized carbons (Fsp3) is 0.500. The maximum absolute atomic E-state index is 12.7. The quantitative estimate of drug-likeness (QED) is 0.673. The number of likely N-dealkylation sites (N-methyl/N-ethyl adjacent to an activating group) is 1. The van der Waals surface area contributed by atoms with E-state index in [9.17, 15) is 14.9 Å². The normalized spacial score (nSPS) is 19.4. The van der Waals surface area contributed by atoms with Crippen molar-refractivity contribution in [2.45, 2.75) is 13.0 Å². The van der Waals surface area contributed by atoms with Crippen molar-refractivity contribution in [2.75, 3.05) is 39.0 Å². The Morgan fingerprint density at radius 1 is 1.43 bits per heavy atom. The van der Waals surface area contributed by atoms with Gasteiger partial charge in [0, 0.05) is 38.8 Å². The van der Waals surface area contributed by atoms with Crippen molar-refractivity contribution in [3.63, 3.8) is 0 Å². The van der Waals surface area contributed by atoms with Gasteiger partial charge in [0.25, 0.3) is 11.6 Å². The number of amides is 1. The van der Waals surface area contributed by atoms with Gasteiger partial charge in [0.1, 0.15) is 5.69 Å². The molecule has 0 aromatic heterocycles. The maximum Gasteiger partial charge on any atom is 0.293 e. The van der Waals surface area contributed by atoms with Gasteiger partial charge in [0.05, 0.1) is 10.5 Å². The number of para-hydroxylation sites is 1. The molecule has 1 saturated heterocycles. The first-order valence-corrected chi connectivity index (χ1v) is 6.90. The lowest BCUT2D eigenvalue weighted by atomic mass is 10.1. The Labute approximate surface area is 123 Å². The fourth-order valence-corrected chi connectivity index (χ4v) is 2.73. The van der Waals surface area contributed by atoms with Gasteiger partial charge in [-0.2, -0.15) is 0 Å². The van der Waals surface area contributed by atoms with Gasteiger partial charge in [0.15, 0.2) is 0 Å². The van der Waals surface area contributed by atoms with Gasteiger partial charge in [-0.05, 0) is 20.0 Å². The van der Waals surface area contributed by atoms with Gasteiger partial charge < -0.3 is 15.1 Å². The van der Waals surface area contributed by atoms with Gasteiger partial charge >= 0.3 is 0 Å². The predicted molar refractivity (Wildman–Crippen MR) is 80.6 cm³/mol. The second-order valence-corrected chi connectivity index (χ2v) is 5.32. The lowest BCUT2D eigenvalue weighted by molar-refractivity contribution is -0.384. The van der Waals surface area contributed by atoms with E-state index in [2.05, 4.69) is 10.2 Å². The molecule has 1 aromatic rings. The fourth-order valence-electron chi connectivity index (χ4n) is 2.73. The number of benzene rings is 1. The highest BCUT2D eigenvalue weighted by Gasteiger charge is 2.29. The van der Waals surface area contributed by atoms with E-state index in [1.54, 1.807) is 24.1 Å². The van der Waals surface area contributed by atoms with Gasteiger partial charge in [0.2, 0.25) is 0 Å². The summed E-state index contributed by atoms with van der Waals surface area (Å²) in [5.41, 5.74) is 0.548. The summed E-state index contributed by atoms with van der Waals surface area (Å²) in [6.45, 7) is 4.22. The minimum atomic E-state index is -0.476. The van der Waals surface area contributed by atoms with Crippen molar-refractivity contribution in [1.82, 2.24) is 9.80 Å². The van der Waals surface area contributed by atoms with Crippen LogP contribution in [0.2, 0.25) is 0 Å². The Balaban J connectivity index is 2.35. The van der Waals surface area contributed by atoms with Crippen LogP contribution in [0.25, 0.3) is 0 Å². The molecule has 114 valence electrons. The molecule has 1 aromatic carbocycles. The largest absolute Gasteiger partial charge is 0.382 e. The lowest BCUT2D eigenvalue weighted by Crippen LogP contribution is -2.52. The molecule has 1 amide bonds. The molecule has 0 spiro atoms. The smallest absolute Gasteiger partial charge is 0.293 e. The highest BCUT2D eigenvalue weighted by Crippen LogP contribution is 2.29. The number of carbonyl (C=O) groups is 1. The summed E-state index contributed by atoms with van der Waals surface area (Å²) in [4.78, 5) is 27.3. The lowest BCUT2D eigenvalue weighted by Gasteiger charge is -2.38. The van der Waals surface area contributed by atoms with Crippen LogP contribution in [0.4, 0.5) is 11.4 Å². The molecule has 1 aliphatic rings. The Kier molecular flexibility index (Phi) is 4.42. The van der Waals surface area contributed by atoms with E-state index in [0.29, 0.717) is 12.1 Å². The van der Waals surface area contributed by atoms with Crippen molar-refractivity contribution in [3.05, 3.63) is 33.9 Å². The van der Waals surface area contributed by atoms with Crippen LogP contribution < -0.4 is 5.32 Å².